The van der Waals surface area contributed by atoms with Crippen LogP contribution in [-0.2, 0) is 17.9 Å². The fourth-order valence-corrected chi connectivity index (χ4v) is 2.27. The molecule has 6 nitrogen and oxygen atoms in total. The van der Waals surface area contributed by atoms with Crippen molar-refractivity contribution in [1.82, 2.24) is 14.9 Å². The Balaban J connectivity index is 1.96. The first-order valence-corrected chi connectivity index (χ1v) is 7.08. The summed E-state index contributed by atoms with van der Waals surface area (Å²) in [6, 6.07) is 7.16. The molecule has 1 amide bonds. The number of carbonyl (C=O) groups excluding carboxylic acids is 1. The number of nitrogens with zero attached hydrogens (tertiary/aromatic N) is 2. The van der Waals surface area contributed by atoms with Gasteiger partial charge in [-0.25, -0.2) is 4.98 Å². The molecule has 0 bridgehead atoms. The monoisotopic (exact) mass is 303 g/mol. The van der Waals surface area contributed by atoms with Gasteiger partial charge in [0.05, 0.1) is 12.7 Å². The molecule has 1 aromatic carbocycles. The van der Waals surface area contributed by atoms with Crippen molar-refractivity contribution in [1.29, 1.82) is 0 Å². The smallest absolute Gasteiger partial charge is 0.255 e. The summed E-state index contributed by atoms with van der Waals surface area (Å²) < 4.78 is 12.4. The Labute approximate surface area is 130 Å². The SMILES string of the molecule is COCc1ncc(C)n1CCNC(=O)c1ccccc1OC. The van der Waals surface area contributed by atoms with Gasteiger partial charge in [-0.1, -0.05) is 12.1 Å². The lowest BCUT2D eigenvalue weighted by Crippen LogP contribution is -2.28. The lowest BCUT2D eigenvalue weighted by atomic mass is 10.2. The molecule has 0 saturated carbocycles. The molecule has 0 unspecified atom stereocenters. The first-order valence-electron chi connectivity index (χ1n) is 7.08. The predicted molar refractivity (Wildman–Crippen MR) is 83.0 cm³/mol. The summed E-state index contributed by atoms with van der Waals surface area (Å²) in [6.07, 6.45) is 1.80. The Morgan fingerprint density at radius 1 is 1.32 bits per heavy atom. The number of ether oxygens (including phenoxy) is 2. The molecule has 22 heavy (non-hydrogen) atoms. The van der Waals surface area contributed by atoms with Crippen molar-refractivity contribution in [2.24, 2.45) is 0 Å². The van der Waals surface area contributed by atoms with E-state index in [1.807, 2.05) is 23.6 Å². The number of hydrogen-bond donors (Lipinski definition) is 1. The van der Waals surface area contributed by atoms with Crippen molar-refractivity contribution in [2.45, 2.75) is 20.1 Å². The minimum Gasteiger partial charge on any atom is -0.496 e. The van der Waals surface area contributed by atoms with Crippen molar-refractivity contribution < 1.29 is 14.3 Å². The van der Waals surface area contributed by atoms with E-state index >= 15 is 0 Å². The van der Waals surface area contributed by atoms with Crippen molar-refractivity contribution >= 4 is 5.91 Å². The van der Waals surface area contributed by atoms with Gasteiger partial charge in [-0.3, -0.25) is 4.79 Å². The van der Waals surface area contributed by atoms with E-state index in [-0.39, 0.29) is 5.91 Å². The number of methoxy groups -OCH3 is 2. The second-order valence-electron chi connectivity index (χ2n) is 4.86. The summed E-state index contributed by atoms with van der Waals surface area (Å²) >= 11 is 0. The van der Waals surface area contributed by atoms with Crippen LogP contribution in [0.2, 0.25) is 0 Å². The molecule has 2 aromatic rings. The zero-order valence-electron chi connectivity index (χ0n) is 13.1. The highest BCUT2D eigenvalue weighted by Gasteiger charge is 2.11. The highest BCUT2D eigenvalue weighted by atomic mass is 16.5. The second-order valence-corrected chi connectivity index (χ2v) is 4.86. The molecule has 0 aliphatic heterocycles. The van der Waals surface area contributed by atoms with Crippen molar-refractivity contribution in [3.8, 4) is 5.75 Å². The van der Waals surface area contributed by atoms with Crippen LogP contribution in [0.4, 0.5) is 0 Å². The van der Waals surface area contributed by atoms with E-state index in [1.54, 1.807) is 32.5 Å². The summed E-state index contributed by atoms with van der Waals surface area (Å²) in [7, 11) is 3.19. The summed E-state index contributed by atoms with van der Waals surface area (Å²) in [5, 5.41) is 2.90. The Bertz CT molecular complexity index is 637. The predicted octanol–water partition coefficient (Wildman–Crippen LogP) is 1.78. The highest BCUT2D eigenvalue weighted by molar-refractivity contribution is 5.96. The van der Waals surface area contributed by atoms with Gasteiger partial charge < -0.3 is 19.4 Å². The van der Waals surface area contributed by atoms with Gasteiger partial charge in [-0.05, 0) is 19.1 Å². The number of amides is 1. The van der Waals surface area contributed by atoms with Gasteiger partial charge in [0.1, 0.15) is 18.2 Å². The Hall–Kier alpha value is -2.34. The Kier molecular flexibility index (Phi) is 5.55. The average molecular weight is 303 g/mol. The molecule has 1 aromatic heterocycles. The number of nitrogens with one attached hydrogen (secondary N) is 1. The van der Waals surface area contributed by atoms with Crippen LogP contribution in [0.5, 0.6) is 5.75 Å². The fraction of sp³-hybridized carbons (Fsp3) is 0.375. The number of aromatic nitrogens is 2. The number of hydrogen-bond acceptors (Lipinski definition) is 4. The Morgan fingerprint density at radius 3 is 2.82 bits per heavy atom. The van der Waals surface area contributed by atoms with Crippen LogP contribution >= 0.6 is 0 Å². The Morgan fingerprint density at radius 2 is 2.09 bits per heavy atom. The molecular formula is C16H21N3O3. The van der Waals surface area contributed by atoms with Crippen molar-refractivity contribution in [3.63, 3.8) is 0 Å². The molecule has 0 atom stereocenters. The third-order valence-corrected chi connectivity index (χ3v) is 3.38. The standard InChI is InChI=1S/C16H21N3O3/c1-12-10-18-15(11-21-2)19(12)9-8-17-16(20)13-6-4-5-7-14(13)22-3/h4-7,10H,8-9,11H2,1-3H3,(H,17,20). The first-order chi connectivity index (χ1) is 10.7. The van der Waals surface area contributed by atoms with Crippen LogP contribution in [-0.4, -0.2) is 36.2 Å². The molecule has 0 spiro atoms. The van der Waals surface area contributed by atoms with Crippen LogP contribution in [0.1, 0.15) is 21.9 Å². The van der Waals surface area contributed by atoms with Crippen LogP contribution in [0.25, 0.3) is 0 Å². The van der Waals surface area contributed by atoms with E-state index in [9.17, 15) is 4.79 Å². The molecule has 0 saturated heterocycles. The minimum absolute atomic E-state index is 0.150. The third-order valence-electron chi connectivity index (χ3n) is 3.38. The largest absolute Gasteiger partial charge is 0.496 e. The quantitative estimate of drug-likeness (QED) is 0.846. The molecule has 118 valence electrons. The van der Waals surface area contributed by atoms with Crippen LogP contribution in [0.15, 0.2) is 30.5 Å². The molecule has 2 rings (SSSR count). The summed E-state index contributed by atoms with van der Waals surface area (Å²) in [5.74, 6) is 1.27. The van der Waals surface area contributed by atoms with E-state index in [0.717, 1.165) is 11.5 Å². The number of rotatable bonds is 7. The fourth-order valence-electron chi connectivity index (χ4n) is 2.27. The van der Waals surface area contributed by atoms with Gasteiger partial charge in [0, 0.05) is 32.1 Å². The van der Waals surface area contributed by atoms with Gasteiger partial charge in [-0.2, -0.15) is 0 Å². The molecule has 0 aliphatic carbocycles. The zero-order chi connectivity index (χ0) is 15.9. The van der Waals surface area contributed by atoms with E-state index in [0.29, 0.717) is 31.0 Å². The molecule has 0 fully saturated rings. The minimum atomic E-state index is -0.150. The highest BCUT2D eigenvalue weighted by Crippen LogP contribution is 2.16. The van der Waals surface area contributed by atoms with Gasteiger partial charge in [0.2, 0.25) is 0 Å². The van der Waals surface area contributed by atoms with E-state index < -0.39 is 0 Å². The van der Waals surface area contributed by atoms with Crippen LogP contribution in [0, 0.1) is 6.92 Å². The average Bonchev–Trinajstić information content (AvgIpc) is 2.88. The number of imidazole rings is 1. The number of benzene rings is 1. The number of aryl methyl sites for hydroxylation is 1. The lowest BCUT2D eigenvalue weighted by Gasteiger charge is -2.12. The molecule has 1 N–H and O–H groups in total. The van der Waals surface area contributed by atoms with Crippen LogP contribution in [0.3, 0.4) is 0 Å². The molecule has 6 heteroatoms. The third kappa shape index (κ3) is 3.65. The number of carbonyl (C=O) groups is 1. The topological polar surface area (TPSA) is 65.4 Å². The maximum atomic E-state index is 12.2. The summed E-state index contributed by atoms with van der Waals surface area (Å²) in [6.45, 7) is 3.58. The maximum absolute atomic E-state index is 12.2. The second kappa shape index (κ2) is 7.61. The van der Waals surface area contributed by atoms with E-state index in [4.69, 9.17) is 9.47 Å². The lowest BCUT2D eigenvalue weighted by molar-refractivity contribution is 0.0948. The summed E-state index contributed by atoms with van der Waals surface area (Å²) in [4.78, 5) is 16.5. The van der Waals surface area contributed by atoms with Crippen molar-refractivity contribution in [3.05, 3.63) is 47.5 Å². The molecule has 1 heterocycles. The first kappa shape index (κ1) is 16.0. The zero-order valence-corrected chi connectivity index (χ0v) is 13.1. The van der Waals surface area contributed by atoms with Gasteiger partial charge in [-0.15, -0.1) is 0 Å². The van der Waals surface area contributed by atoms with Gasteiger partial charge in [0.15, 0.2) is 0 Å². The van der Waals surface area contributed by atoms with E-state index in [2.05, 4.69) is 10.3 Å². The van der Waals surface area contributed by atoms with Gasteiger partial charge in [0.25, 0.3) is 5.91 Å². The van der Waals surface area contributed by atoms with E-state index in [1.165, 1.54) is 0 Å². The molecular weight excluding hydrogens is 282 g/mol. The van der Waals surface area contributed by atoms with Crippen molar-refractivity contribution in [2.75, 3.05) is 20.8 Å². The van der Waals surface area contributed by atoms with Gasteiger partial charge >= 0.3 is 0 Å². The van der Waals surface area contributed by atoms with Crippen LogP contribution < -0.4 is 10.1 Å². The summed E-state index contributed by atoms with van der Waals surface area (Å²) in [5.41, 5.74) is 1.57. The maximum Gasteiger partial charge on any atom is 0.255 e. The number of para-hydroxylation sites is 1. The molecule has 0 aliphatic rings. The molecule has 0 radical (unpaired) electrons. The normalized spacial score (nSPS) is 10.5.